The van der Waals surface area contributed by atoms with E-state index >= 15 is 0 Å². The number of carbonyl (C=O) groups is 2. The molecule has 1 saturated heterocycles. The van der Waals surface area contributed by atoms with Gasteiger partial charge in [-0.05, 0) is 13.3 Å². The van der Waals surface area contributed by atoms with Crippen LogP contribution in [0.4, 0.5) is 0 Å². The van der Waals surface area contributed by atoms with Gasteiger partial charge in [-0.2, -0.15) is 0 Å². The first-order valence-electron chi connectivity index (χ1n) is 6.10. The lowest BCUT2D eigenvalue weighted by Gasteiger charge is -2.22. The topological polar surface area (TPSA) is 67.9 Å². The molecule has 1 rings (SSSR count). The van der Waals surface area contributed by atoms with E-state index in [1.165, 1.54) is 0 Å². The lowest BCUT2D eigenvalue weighted by atomic mass is 9.89. The van der Waals surface area contributed by atoms with Crippen molar-refractivity contribution in [3.05, 3.63) is 0 Å². The van der Waals surface area contributed by atoms with E-state index in [4.69, 9.17) is 9.47 Å². The van der Waals surface area contributed by atoms with Gasteiger partial charge in [0.1, 0.15) is 6.61 Å². The molecule has 0 aromatic heterocycles. The third-order valence-corrected chi connectivity index (χ3v) is 3.26. The fraction of sp³-hybridized carbons (Fsp3) is 0.833. The summed E-state index contributed by atoms with van der Waals surface area (Å²) in [5, 5.41) is 2.64. The largest absolute Gasteiger partial charge is 0.382 e. The Hall–Kier alpha value is -1.14. The molecule has 6 nitrogen and oxygen atoms in total. The van der Waals surface area contributed by atoms with E-state index in [0.29, 0.717) is 32.7 Å². The van der Waals surface area contributed by atoms with Crippen LogP contribution in [-0.2, 0) is 19.1 Å². The molecule has 1 N–H and O–H groups in total. The number of carbonyl (C=O) groups excluding carboxylic acids is 2. The maximum absolute atomic E-state index is 11.8. The summed E-state index contributed by atoms with van der Waals surface area (Å²) in [6.45, 7) is 3.87. The third kappa shape index (κ3) is 3.68. The van der Waals surface area contributed by atoms with Crippen LogP contribution in [0.1, 0.15) is 13.3 Å². The Morgan fingerprint density at radius 2 is 2.11 bits per heavy atom. The molecule has 0 bridgehead atoms. The molecule has 18 heavy (non-hydrogen) atoms. The average molecular weight is 258 g/mol. The van der Waals surface area contributed by atoms with E-state index in [9.17, 15) is 9.59 Å². The number of methoxy groups -OCH3 is 1. The number of rotatable bonds is 6. The number of hydrogen-bond acceptors (Lipinski definition) is 4. The molecule has 1 aliphatic rings. The molecule has 0 aromatic rings. The van der Waals surface area contributed by atoms with E-state index in [2.05, 4.69) is 5.32 Å². The first kappa shape index (κ1) is 14.9. The maximum Gasteiger partial charge on any atom is 0.248 e. The molecule has 0 saturated carbocycles. The van der Waals surface area contributed by atoms with Gasteiger partial charge >= 0.3 is 0 Å². The zero-order valence-corrected chi connectivity index (χ0v) is 11.3. The second-order valence-corrected chi connectivity index (χ2v) is 4.75. The molecule has 1 aliphatic heterocycles. The molecule has 0 radical (unpaired) electrons. The van der Waals surface area contributed by atoms with Crippen molar-refractivity contribution in [3.8, 4) is 0 Å². The molecule has 2 amide bonds. The van der Waals surface area contributed by atoms with Gasteiger partial charge < -0.3 is 19.7 Å². The summed E-state index contributed by atoms with van der Waals surface area (Å²) in [5.41, 5.74) is -0.475. The van der Waals surface area contributed by atoms with E-state index in [1.807, 2.05) is 6.92 Å². The van der Waals surface area contributed by atoms with Crippen LogP contribution in [0, 0.1) is 5.41 Å². The van der Waals surface area contributed by atoms with Crippen LogP contribution < -0.4 is 5.32 Å². The number of nitrogens with one attached hydrogen (secondary N) is 1. The molecule has 6 heteroatoms. The second kappa shape index (κ2) is 6.70. The zero-order valence-electron chi connectivity index (χ0n) is 11.3. The fourth-order valence-corrected chi connectivity index (χ4v) is 2.05. The van der Waals surface area contributed by atoms with Crippen molar-refractivity contribution in [2.45, 2.75) is 13.3 Å². The van der Waals surface area contributed by atoms with Crippen LogP contribution in [-0.4, -0.2) is 63.8 Å². The predicted molar refractivity (Wildman–Crippen MR) is 66.1 cm³/mol. The molecule has 1 fully saturated rings. The highest BCUT2D eigenvalue weighted by Crippen LogP contribution is 2.29. The van der Waals surface area contributed by atoms with Crippen LogP contribution in [0.15, 0.2) is 0 Å². The Labute approximate surface area is 108 Å². The third-order valence-electron chi connectivity index (χ3n) is 3.26. The van der Waals surface area contributed by atoms with Crippen molar-refractivity contribution in [2.75, 3.05) is 47.1 Å². The van der Waals surface area contributed by atoms with Crippen molar-refractivity contribution < 1.29 is 19.1 Å². The number of likely N-dealkylation sites (tertiary alicyclic amines) is 1. The quantitative estimate of drug-likeness (QED) is 0.660. The van der Waals surface area contributed by atoms with Gasteiger partial charge in [-0.25, -0.2) is 0 Å². The van der Waals surface area contributed by atoms with Crippen LogP contribution in [0.5, 0.6) is 0 Å². The van der Waals surface area contributed by atoms with Gasteiger partial charge in [0, 0.05) is 27.2 Å². The van der Waals surface area contributed by atoms with Crippen molar-refractivity contribution >= 4 is 11.8 Å². The normalized spacial score (nSPS) is 23.2. The first-order chi connectivity index (χ1) is 8.53. The SMILES string of the molecule is CNC(=O)C1(C)CCN(C(=O)COCCOC)C1. The highest BCUT2D eigenvalue weighted by Gasteiger charge is 2.41. The molecular formula is C12H22N2O4. The van der Waals surface area contributed by atoms with Crippen LogP contribution in [0.25, 0.3) is 0 Å². The molecule has 0 aliphatic carbocycles. The summed E-state index contributed by atoms with van der Waals surface area (Å²) < 4.78 is 10.0. The molecule has 0 spiro atoms. The molecule has 1 unspecified atom stereocenters. The standard InChI is InChI=1S/C12H22N2O4/c1-12(11(16)13-2)4-5-14(9-12)10(15)8-18-7-6-17-3/h4-9H2,1-3H3,(H,13,16). The highest BCUT2D eigenvalue weighted by molar-refractivity contribution is 5.85. The van der Waals surface area contributed by atoms with E-state index in [1.54, 1.807) is 19.1 Å². The molecule has 1 atom stereocenters. The lowest BCUT2D eigenvalue weighted by molar-refractivity contribution is -0.136. The Bertz CT molecular complexity index is 308. The van der Waals surface area contributed by atoms with E-state index in [-0.39, 0.29) is 18.4 Å². The fourth-order valence-electron chi connectivity index (χ4n) is 2.05. The second-order valence-electron chi connectivity index (χ2n) is 4.75. The lowest BCUT2D eigenvalue weighted by Crippen LogP contribution is -2.41. The van der Waals surface area contributed by atoms with Crippen LogP contribution in [0.3, 0.4) is 0 Å². The van der Waals surface area contributed by atoms with E-state index < -0.39 is 5.41 Å². The number of ether oxygens (including phenoxy) is 2. The summed E-state index contributed by atoms with van der Waals surface area (Å²) >= 11 is 0. The Balaban J connectivity index is 2.37. The van der Waals surface area contributed by atoms with Crippen molar-refractivity contribution in [3.63, 3.8) is 0 Å². The number of nitrogens with zero attached hydrogens (tertiary/aromatic N) is 1. The Morgan fingerprint density at radius 1 is 1.39 bits per heavy atom. The minimum Gasteiger partial charge on any atom is -0.382 e. The van der Waals surface area contributed by atoms with Gasteiger partial charge in [0.05, 0.1) is 18.6 Å². The summed E-state index contributed by atoms with van der Waals surface area (Å²) in [6.07, 6.45) is 0.691. The predicted octanol–water partition coefficient (Wildman–Crippen LogP) is -0.366. The van der Waals surface area contributed by atoms with Gasteiger partial charge in [0.25, 0.3) is 0 Å². The first-order valence-corrected chi connectivity index (χ1v) is 6.10. The van der Waals surface area contributed by atoms with E-state index in [0.717, 1.165) is 0 Å². The monoisotopic (exact) mass is 258 g/mol. The zero-order chi connectivity index (χ0) is 13.6. The molecule has 0 aromatic carbocycles. The van der Waals surface area contributed by atoms with Gasteiger partial charge in [0.15, 0.2) is 0 Å². The van der Waals surface area contributed by atoms with Crippen LogP contribution >= 0.6 is 0 Å². The minimum absolute atomic E-state index is 0.0156. The van der Waals surface area contributed by atoms with Crippen molar-refractivity contribution in [1.82, 2.24) is 10.2 Å². The summed E-state index contributed by atoms with van der Waals surface area (Å²) in [7, 11) is 3.20. The van der Waals surface area contributed by atoms with Crippen molar-refractivity contribution in [2.24, 2.45) is 5.41 Å². The Morgan fingerprint density at radius 3 is 2.72 bits per heavy atom. The maximum atomic E-state index is 11.8. The Kier molecular flexibility index (Phi) is 5.55. The summed E-state index contributed by atoms with van der Waals surface area (Å²) in [5.74, 6) is -0.0863. The molecule has 1 heterocycles. The van der Waals surface area contributed by atoms with Crippen LogP contribution in [0.2, 0.25) is 0 Å². The minimum atomic E-state index is -0.475. The molecular weight excluding hydrogens is 236 g/mol. The smallest absolute Gasteiger partial charge is 0.248 e. The molecule has 104 valence electrons. The van der Waals surface area contributed by atoms with Gasteiger partial charge in [-0.15, -0.1) is 0 Å². The van der Waals surface area contributed by atoms with Gasteiger partial charge in [0.2, 0.25) is 11.8 Å². The highest BCUT2D eigenvalue weighted by atomic mass is 16.5. The average Bonchev–Trinajstić information content (AvgIpc) is 2.77. The van der Waals surface area contributed by atoms with Crippen molar-refractivity contribution in [1.29, 1.82) is 0 Å². The summed E-state index contributed by atoms with van der Waals surface area (Å²) in [6, 6.07) is 0. The number of hydrogen-bond donors (Lipinski definition) is 1. The summed E-state index contributed by atoms with van der Waals surface area (Å²) in [4.78, 5) is 25.2. The van der Waals surface area contributed by atoms with Gasteiger partial charge in [-0.1, -0.05) is 0 Å². The van der Waals surface area contributed by atoms with Gasteiger partial charge in [-0.3, -0.25) is 9.59 Å². The number of amides is 2.